The molecule has 26 heavy (non-hydrogen) atoms. The third kappa shape index (κ3) is 4.20. The Morgan fingerprint density at radius 1 is 1.15 bits per heavy atom. The number of hydrogen-bond acceptors (Lipinski definition) is 5. The van der Waals surface area contributed by atoms with Gasteiger partial charge in [0.25, 0.3) is 11.8 Å². The molecule has 132 valence electrons. The Kier molecular flexibility index (Phi) is 5.19. The number of benzene rings is 2. The van der Waals surface area contributed by atoms with Crippen molar-refractivity contribution in [3.05, 3.63) is 70.7 Å². The molecule has 1 aromatic heterocycles. The highest BCUT2D eigenvalue weighted by Crippen LogP contribution is 2.15. The number of primary amides is 1. The van der Waals surface area contributed by atoms with Crippen LogP contribution in [-0.2, 0) is 4.79 Å². The second-order valence-electron chi connectivity index (χ2n) is 5.26. The second kappa shape index (κ2) is 7.71. The van der Waals surface area contributed by atoms with Crippen molar-refractivity contribution >= 4 is 34.4 Å². The summed E-state index contributed by atoms with van der Waals surface area (Å²) in [6.07, 6.45) is 0. The number of nitrogens with two attached hydrogens (primary N) is 1. The van der Waals surface area contributed by atoms with E-state index in [2.05, 4.69) is 10.5 Å². The fraction of sp³-hybridized carbons (Fsp3) is 0.0556. The number of fused-ring (bicyclic) bond motifs is 1. The number of para-hydroxylation sites is 1. The van der Waals surface area contributed by atoms with Crippen LogP contribution in [-0.4, -0.2) is 18.4 Å². The van der Waals surface area contributed by atoms with E-state index < -0.39 is 11.8 Å². The summed E-state index contributed by atoms with van der Waals surface area (Å²) >= 11 is 5.78. The average Bonchev–Trinajstić information content (AvgIpc) is 2.65. The molecule has 0 aliphatic carbocycles. The van der Waals surface area contributed by atoms with Crippen LogP contribution >= 0.6 is 11.6 Å². The van der Waals surface area contributed by atoms with Crippen molar-refractivity contribution in [2.45, 2.75) is 0 Å². The lowest BCUT2D eigenvalue weighted by molar-refractivity contribution is -0.123. The van der Waals surface area contributed by atoms with Gasteiger partial charge >= 0.3 is 0 Å². The first-order valence-electron chi connectivity index (χ1n) is 7.56. The first-order valence-corrected chi connectivity index (χ1v) is 7.94. The average molecular weight is 372 g/mol. The van der Waals surface area contributed by atoms with Crippen LogP contribution in [0.1, 0.15) is 10.4 Å². The summed E-state index contributed by atoms with van der Waals surface area (Å²) in [7, 11) is 0. The Labute approximate surface area is 153 Å². The topological polar surface area (TPSA) is 107 Å². The number of nitrogens with zero attached hydrogens (tertiary/aromatic N) is 1. The molecule has 2 aromatic carbocycles. The zero-order chi connectivity index (χ0) is 18.5. The van der Waals surface area contributed by atoms with E-state index in [-0.39, 0.29) is 17.7 Å². The van der Waals surface area contributed by atoms with Crippen molar-refractivity contribution in [1.29, 1.82) is 0 Å². The zero-order valence-electron chi connectivity index (χ0n) is 13.4. The lowest BCUT2D eigenvalue weighted by Crippen LogP contribution is -2.29. The van der Waals surface area contributed by atoms with Gasteiger partial charge in [-0.05, 0) is 36.4 Å². The summed E-state index contributed by atoms with van der Waals surface area (Å²) in [4.78, 5) is 23.5. The fourth-order valence-corrected chi connectivity index (χ4v) is 2.28. The second-order valence-corrected chi connectivity index (χ2v) is 5.69. The number of rotatable bonds is 5. The van der Waals surface area contributed by atoms with E-state index in [1.807, 2.05) is 0 Å². The molecule has 8 heteroatoms. The van der Waals surface area contributed by atoms with Gasteiger partial charge in [0.1, 0.15) is 16.9 Å². The van der Waals surface area contributed by atoms with Crippen molar-refractivity contribution in [3.8, 4) is 5.75 Å². The molecule has 0 unspecified atom stereocenters. The Morgan fingerprint density at radius 2 is 1.88 bits per heavy atom. The van der Waals surface area contributed by atoms with Crippen LogP contribution in [0.25, 0.3) is 11.0 Å². The molecule has 0 aliphatic rings. The smallest absolute Gasteiger partial charge is 0.278 e. The minimum Gasteiger partial charge on any atom is -0.484 e. The Hall–Kier alpha value is -3.32. The standard InChI is InChI=1S/C18H14ClN3O4/c19-12-5-7-13(8-6-12)25-10-16(23)21-22-18-14(17(20)24)9-11-3-1-2-4-15(11)26-18/h1-9H,10H2,(H2,20,24)(H,21,23)/b22-18-. The molecule has 0 saturated heterocycles. The van der Waals surface area contributed by atoms with Crippen molar-refractivity contribution < 1.29 is 18.7 Å². The first-order chi connectivity index (χ1) is 12.5. The lowest BCUT2D eigenvalue weighted by Gasteiger charge is -2.05. The molecular formula is C18H14ClN3O4. The highest BCUT2D eigenvalue weighted by Gasteiger charge is 2.10. The fourth-order valence-electron chi connectivity index (χ4n) is 2.15. The summed E-state index contributed by atoms with van der Waals surface area (Å²) in [5.41, 5.74) is 8.10. The molecule has 0 fully saturated rings. The molecular weight excluding hydrogens is 358 g/mol. The number of ether oxygens (including phenoxy) is 1. The van der Waals surface area contributed by atoms with Gasteiger partial charge in [0.05, 0.1) is 0 Å². The molecule has 3 aromatic rings. The van der Waals surface area contributed by atoms with Gasteiger partial charge in [-0.25, -0.2) is 5.43 Å². The van der Waals surface area contributed by atoms with Crippen LogP contribution in [0.2, 0.25) is 5.02 Å². The van der Waals surface area contributed by atoms with Gasteiger partial charge in [-0.1, -0.05) is 29.8 Å². The summed E-state index contributed by atoms with van der Waals surface area (Å²) in [5.74, 6) is -0.763. The normalized spacial score (nSPS) is 11.3. The molecule has 0 radical (unpaired) electrons. The summed E-state index contributed by atoms with van der Waals surface area (Å²) < 4.78 is 10.8. The molecule has 1 heterocycles. The monoisotopic (exact) mass is 371 g/mol. The van der Waals surface area contributed by atoms with E-state index >= 15 is 0 Å². The van der Waals surface area contributed by atoms with Gasteiger partial charge in [0.2, 0.25) is 5.55 Å². The number of halogens is 1. The zero-order valence-corrected chi connectivity index (χ0v) is 14.2. The minimum absolute atomic E-state index is 0.0580. The Bertz CT molecular complexity index is 1030. The largest absolute Gasteiger partial charge is 0.484 e. The third-order valence-electron chi connectivity index (χ3n) is 3.39. The van der Waals surface area contributed by atoms with Gasteiger partial charge in [-0.2, -0.15) is 0 Å². The summed E-state index contributed by atoms with van der Waals surface area (Å²) in [6, 6.07) is 15.2. The maximum absolute atomic E-state index is 11.9. The first kappa shape index (κ1) is 17.5. The van der Waals surface area contributed by atoms with Crippen molar-refractivity contribution in [1.82, 2.24) is 5.43 Å². The number of carbonyl (C=O) groups excluding carboxylic acids is 2. The van der Waals surface area contributed by atoms with Crippen LogP contribution in [0.4, 0.5) is 0 Å². The number of nitrogens with one attached hydrogen (secondary N) is 1. The van der Waals surface area contributed by atoms with Crippen molar-refractivity contribution in [2.24, 2.45) is 10.8 Å². The third-order valence-corrected chi connectivity index (χ3v) is 3.64. The van der Waals surface area contributed by atoms with Gasteiger partial charge in [0, 0.05) is 10.4 Å². The Balaban J connectivity index is 1.76. The molecule has 7 nitrogen and oxygen atoms in total. The maximum atomic E-state index is 11.9. The van der Waals surface area contributed by atoms with E-state index in [1.54, 1.807) is 54.6 Å². The van der Waals surface area contributed by atoms with Gasteiger partial charge in [-0.3, -0.25) is 9.59 Å². The molecule has 2 amide bonds. The van der Waals surface area contributed by atoms with Crippen LogP contribution in [0, 0.1) is 0 Å². The van der Waals surface area contributed by atoms with Crippen molar-refractivity contribution in [2.75, 3.05) is 6.61 Å². The highest BCUT2D eigenvalue weighted by molar-refractivity contribution is 6.30. The predicted octanol–water partition coefficient (Wildman–Crippen LogP) is 2.20. The summed E-state index contributed by atoms with van der Waals surface area (Å²) in [6.45, 7) is -0.273. The number of hydrogen-bond donors (Lipinski definition) is 2. The van der Waals surface area contributed by atoms with Crippen LogP contribution in [0.15, 0.2) is 64.1 Å². The van der Waals surface area contributed by atoms with Gasteiger partial charge in [0.15, 0.2) is 6.61 Å². The van der Waals surface area contributed by atoms with E-state index in [1.165, 1.54) is 0 Å². The van der Waals surface area contributed by atoms with E-state index in [9.17, 15) is 9.59 Å². The van der Waals surface area contributed by atoms with E-state index in [0.717, 1.165) is 0 Å². The molecule has 0 saturated carbocycles. The van der Waals surface area contributed by atoms with Gasteiger partial charge in [-0.15, -0.1) is 5.10 Å². The van der Waals surface area contributed by atoms with Crippen LogP contribution in [0.3, 0.4) is 0 Å². The van der Waals surface area contributed by atoms with Crippen LogP contribution < -0.4 is 21.5 Å². The molecule has 3 N–H and O–H groups in total. The SMILES string of the molecule is NC(=O)c1cc2ccccc2o/c1=N\NC(=O)COc1ccc(Cl)cc1. The lowest BCUT2D eigenvalue weighted by atomic mass is 10.2. The molecule has 3 rings (SSSR count). The molecule has 0 atom stereocenters. The van der Waals surface area contributed by atoms with E-state index in [0.29, 0.717) is 21.7 Å². The minimum atomic E-state index is -0.718. The molecule has 0 aliphatic heterocycles. The Morgan fingerprint density at radius 3 is 2.62 bits per heavy atom. The van der Waals surface area contributed by atoms with Crippen molar-refractivity contribution in [3.63, 3.8) is 0 Å². The van der Waals surface area contributed by atoms with Gasteiger partial charge < -0.3 is 14.9 Å². The maximum Gasteiger partial charge on any atom is 0.278 e. The van der Waals surface area contributed by atoms with E-state index in [4.69, 9.17) is 26.5 Å². The predicted molar refractivity (Wildman–Crippen MR) is 95.4 cm³/mol. The molecule has 0 bridgehead atoms. The highest BCUT2D eigenvalue weighted by atomic mass is 35.5. The number of amides is 2. The molecule has 0 spiro atoms. The number of carbonyl (C=O) groups is 2. The van der Waals surface area contributed by atoms with Crippen LogP contribution in [0.5, 0.6) is 5.75 Å². The quantitative estimate of drug-likeness (QED) is 0.670. The summed E-state index contributed by atoms with van der Waals surface area (Å²) in [5, 5.41) is 5.09.